The van der Waals surface area contributed by atoms with Crippen LogP contribution in [0.1, 0.15) is 15.9 Å². The molecule has 0 fully saturated rings. The molecule has 0 aliphatic carbocycles. The Hall–Kier alpha value is -0.520. The number of benzene rings is 1. The Balaban J connectivity index is 2.73. The third-order valence-electron chi connectivity index (χ3n) is 2.15. The SMILES string of the molecule is CS(C)(C)CNC(=O)c1ccc(CO)c(Br)c1. The van der Waals surface area contributed by atoms with E-state index in [0.717, 1.165) is 10.0 Å². The second-order valence-electron chi connectivity index (χ2n) is 4.71. The summed E-state index contributed by atoms with van der Waals surface area (Å²) in [6.07, 6.45) is 6.45. The average Bonchev–Trinajstić information content (AvgIpc) is 2.24. The third-order valence-corrected chi connectivity index (χ3v) is 3.90. The first kappa shape index (κ1) is 14.5. The highest BCUT2D eigenvalue weighted by atomic mass is 79.9. The maximum Gasteiger partial charge on any atom is 0.251 e. The van der Waals surface area contributed by atoms with Gasteiger partial charge < -0.3 is 10.4 Å². The second kappa shape index (κ2) is 5.89. The van der Waals surface area contributed by atoms with Crippen LogP contribution in [-0.4, -0.2) is 35.7 Å². The summed E-state index contributed by atoms with van der Waals surface area (Å²) in [4.78, 5) is 11.9. The molecule has 0 aliphatic rings. The molecule has 0 saturated carbocycles. The molecule has 1 aromatic rings. The molecular formula is C12H18BrNO2S. The number of hydrogen-bond donors (Lipinski definition) is 2. The van der Waals surface area contributed by atoms with E-state index in [-0.39, 0.29) is 12.5 Å². The van der Waals surface area contributed by atoms with Gasteiger partial charge in [0.25, 0.3) is 5.91 Å². The lowest BCUT2D eigenvalue weighted by molar-refractivity contribution is 0.0960. The van der Waals surface area contributed by atoms with Gasteiger partial charge in [0.05, 0.1) is 6.61 Å². The molecule has 0 saturated heterocycles. The Kier molecular flexibility index (Phi) is 5.04. The summed E-state index contributed by atoms with van der Waals surface area (Å²) >= 11 is 3.33. The van der Waals surface area contributed by atoms with Crippen LogP contribution in [0.15, 0.2) is 22.7 Å². The third kappa shape index (κ3) is 4.69. The van der Waals surface area contributed by atoms with Crippen LogP contribution in [0.3, 0.4) is 0 Å². The topological polar surface area (TPSA) is 49.3 Å². The second-order valence-corrected chi connectivity index (χ2v) is 10.0. The fourth-order valence-corrected chi connectivity index (χ4v) is 2.27. The number of aliphatic hydroxyl groups excluding tert-OH is 1. The van der Waals surface area contributed by atoms with Gasteiger partial charge in [0, 0.05) is 15.9 Å². The number of amides is 1. The minimum atomic E-state index is -0.734. The molecule has 3 nitrogen and oxygen atoms in total. The molecule has 0 aromatic heterocycles. The normalized spacial score (nSPS) is 12.3. The first-order valence-corrected chi connectivity index (χ1v) is 8.99. The van der Waals surface area contributed by atoms with Crippen LogP contribution in [0, 0.1) is 0 Å². The lowest BCUT2D eigenvalue weighted by atomic mass is 10.1. The van der Waals surface area contributed by atoms with Crippen LogP contribution in [0.2, 0.25) is 0 Å². The van der Waals surface area contributed by atoms with Crippen LogP contribution < -0.4 is 5.32 Å². The lowest BCUT2D eigenvalue weighted by Crippen LogP contribution is -2.27. The highest BCUT2D eigenvalue weighted by Gasteiger charge is 2.10. The lowest BCUT2D eigenvalue weighted by Gasteiger charge is -2.25. The van der Waals surface area contributed by atoms with Gasteiger partial charge in [-0.05, 0) is 36.5 Å². The van der Waals surface area contributed by atoms with Crippen LogP contribution in [-0.2, 0) is 6.61 Å². The molecule has 96 valence electrons. The zero-order valence-corrected chi connectivity index (χ0v) is 12.7. The van der Waals surface area contributed by atoms with E-state index in [4.69, 9.17) is 5.11 Å². The van der Waals surface area contributed by atoms with Gasteiger partial charge in [-0.3, -0.25) is 4.79 Å². The average molecular weight is 320 g/mol. The van der Waals surface area contributed by atoms with Crippen LogP contribution >= 0.6 is 26.0 Å². The summed E-state index contributed by atoms with van der Waals surface area (Å²) in [5.74, 6) is 0.642. The molecule has 2 N–H and O–H groups in total. The Morgan fingerprint density at radius 2 is 2.06 bits per heavy atom. The summed E-state index contributed by atoms with van der Waals surface area (Å²) in [7, 11) is -0.734. The molecule has 17 heavy (non-hydrogen) atoms. The van der Waals surface area contributed by atoms with Gasteiger partial charge in [-0.15, -0.1) is 0 Å². The van der Waals surface area contributed by atoms with E-state index in [9.17, 15) is 4.79 Å². The predicted octanol–water partition coefficient (Wildman–Crippen LogP) is 2.32. The Morgan fingerprint density at radius 1 is 1.41 bits per heavy atom. The van der Waals surface area contributed by atoms with E-state index in [1.807, 2.05) is 0 Å². The molecule has 5 heteroatoms. The van der Waals surface area contributed by atoms with E-state index in [1.54, 1.807) is 18.2 Å². The van der Waals surface area contributed by atoms with Gasteiger partial charge in [0.1, 0.15) is 0 Å². The molecule has 0 radical (unpaired) electrons. The van der Waals surface area contributed by atoms with Crippen LogP contribution in [0.5, 0.6) is 0 Å². The summed E-state index contributed by atoms with van der Waals surface area (Å²) in [5.41, 5.74) is 1.39. The largest absolute Gasteiger partial charge is 0.392 e. The number of rotatable bonds is 4. The van der Waals surface area contributed by atoms with Gasteiger partial charge in [-0.2, -0.15) is 0 Å². The molecule has 1 rings (SSSR count). The zero-order valence-electron chi connectivity index (χ0n) is 10.3. The summed E-state index contributed by atoms with van der Waals surface area (Å²) < 4.78 is 0.760. The molecule has 0 heterocycles. The fraction of sp³-hybridized carbons (Fsp3) is 0.417. The zero-order chi connectivity index (χ0) is 13.1. The van der Waals surface area contributed by atoms with Crippen molar-refractivity contribution in [3.63, 3.8) is 0 Å². The van der Waals surface area contributed by atoms with Crippen molar-refractivity contribution in [2.45, 2.75) is 6.61 Å². The maximum atomic E-state index is 11.9. The van der Waals surface area contributed by atoms with Crippen molar-refractivity contribution < 1.29 is 9.90 Å². The molecule has 1 aromatic carbocycles. The van der Waals surface area contributed by atoms with Gasteiger partial charge in [-0.25, -0.2) is 10.0 Å². The van der Waals surface area contributed by atoms with E-state index < -0.39 is 10.0 Å². The standard InChI is InChI=1S/C12H18BrNO2S/c1-17(2,3)8-14-12(16)9-4-5-10(7-15)11(13)6-9/h4-6,15H,7-8H2,1-3H3,(H,14,16). The smallest absolute Gasteiger partial charge is 0.251 e. The van der Waals surface area contributed by atoms with E-state index in [2.05, 4.69) is 40.0 Å². The molecular weight excluding hydrogens is 302 g/mol. The molecule has 0 spiro atoms. The summed E-state index contributed by atoms with van der Waals surface area (Å²) in [6.45, 7) is -0.0331. The Morgan fingerprint density at radius 3 is 2.53 bits per heavy atom. The quantitative estimate of drug-likeness (QED) is 0.894. The van der Waals surface area contributed by atoms with Crippen molar-refractivity contribution in [2.75, 3.05) is 24.6 Å². The molecule has 0 bridgehead atoms. The Bertz CT molecular complexity index is 415. The van der Waals surface area contributed by atoms with E-state index in [1.165, 1.54) is 0 Å². The van der Waals surface area contributed by atoms with Gasteiger partial charge in [0.15, 0.2) is 0 Å². The minimum absolute atomic E-state index is 0.0331. The molecule has 1 amide bonds. The predicted molar refractivity (Wildman–Crippen MR) is 77.8 cm³/mol. The maximum absolute atomic E-state index is 11.9. The highest BCUT2D eigenvalue weighted by molar-refractivity contribution is 9.10. The van der Waals surface area contributed by atoms with Crippen molar-refractivity contribution in [3.8, 4) is 0 Å². The number of carbonyl (C=O) groups excluding carboxylic acids is 1. The van der Waals surface area contributed by atoms with Crippen LogP contribution in [0.4, 0.5) is 0 Å². The fourth-order valence-electron chi connectivity index (χ4n) is 1.20. The summed E-state index contributed by atoms with van der Waals surface area (Å²) in [6, 6.07) is 5.21. The first-order chi connectivity index (χ1) is 7.83. The van der Waals surface area contributed by atoms with Gasteiger partial charge in [-0.1, -0.05) is 22.0 Å². The van der Waals surface area contributed by atoms with Crippen molar-refractivity contribution in [1.29, 1.82) is 0 Å². The number of aliphatic hydroxyl groups is 1. The number of carbonyl (C=O) groups is 1. The van der Waals surface area contributed by atoms with Gasteiger partial charge in [0.2, 0.25) is 0 Å². The van der Waals surface area contributed by atoms with E-state index >= 15 is 0 Å². The van der Waals surface area contributed by atoms with E-state index in [0.29, 0.717) is 11.4 Å². The van der Waals surface area contributed by atoms with Crippen LogP contribution in [0.25, 0.3) is 0 Å². The molecule has 0 atom stereocenters. The summed E-state index contributed by atoms with van der Waals surface area (Å²) in [5, 5.41) is 11.9. The highest BCUT2D eigenvalue weighted by Crippen LogP contribution is 2.32. The van der Waals surface area contributed by atoms with Crippen molar-refractivity contribution >= 4 is 31.9 Å². The van der Waals surface area contributed by atoms with Gasteiger partial charge >= 0.3 is 0 Å². The molecule has 0 unspecified atom stereocenters. The minimum Gasteiger partial charge on any atom is -0.392 e. The van der Waals surface area contributed by atoms with Crippen molar-refractivity contribution in [3.05, 3.63) is 33.8 Å². The number of nitrogens with one attached hydrogen (secondary N) is 1. The monoisotopic (exact) mass is 319 g/mol. The number of halogens is 1. The van der Waals surface area contributed by atoms with Crippen molar-refractivity contribution in [1.82, 2.24) is 5.32 Å². The molecule has 0 aliphatic heterocycles. The van der Waals surface area contributed by atoms with Crippen molar-refractivity contribution in [2.24, 2.45) is 0 Å². The first-order valence-electron chi connectivity index (χ1n) is 5.17. The Labute approximate surface area is 112 Å². The number of hydrogen-bond acceptors (Lipinski definition) is 2.